The number of nitrogens with one attached hydrogen (secondary N) is 1. The topological polar surface area (TPSA) is 84.7 Å². The van der Waals surface area contributed by atoms with Crippen LogP contribution in [0.2, 0.25) is 0 Å². The third-order valence-electron chi connectivity index (χ3n) is 2.89. The number of carbonyl (C=O) groups excluding carboxylic acids is 2. The molecule has 2 amide bonds. The molecule has 0 spiro atoms. The summed E-state index contributed by atoms with van der Waals surface area (Å²) in [6.07, 6.45) is 0.748. The van der Waals surface area contributed by atoms with Crippen molar-refractivity contribution in [2.75, 3.05) is 33.0 Å². The van der Waals surface area contributed by atoms with Gasteiger partial charge in [0.05, 0.1) is 13.7 Å². The Labute approximate surface area is 118 Å². The van der Waals surface area contributed by atoms with Gasteiger partial charge >= 0.3 is 0 Å². The predicted octanol–water partition coefficient (Wildman–Crippen LogP) is 0.876. The second-order valence-corrected chi connectivity index (χ2v) is 4.32. The van der Waals surface area contributed by atoms with Gasteiger partial charge in [0, 0.05) is 19.3 Å². The molecule has 1 rings (SSSR count). The van der Waals surface area contributed by atoms with Crippen LogP contribution in [0.15, 0.2) is 18.2 Å². The second kappa shape index (κ2) is 7.37. The lowest BCUT2D eigenvalue weighted by Crippen LogP contribution is -2.40. The molecule has 0 aromatic heterocycles. The van der Waals surface area contributed by atoms with Gasteiger partial charge in [-0.1, -0.05) is 13.0 Å². The Morgan fingerprint density at radius 3 is 2.65 bits per heavy atom. The standard InChI is InChI=1S/C14H21N3O3/c1-4-8-17(9-12(18)16-2)14(19)13-10(15)6-5-7-11(13)20-3/h5-7H,4,8-9,15H2,1-3H3,(H,16,18). The predicted molar refractivity (Wildman–Crippen MR) is 77.7 cm³/mol. The lowest BCUT2D eigenvalue weighted by atomic mass is 10.1. The van der Waals surface area contributed by atoms with E-state index < -0.39 is 0 Å². The minimum atomic E-state index is -0.301. The number of nitrogen functional groups attached to an aromatic ring is 1. The highest BCUT2D eigenvalue weighted by Gasteiger charge is 2.23. The summed E-state index contributed by atoms with van der Waals surface area (Å²) in [6.45, 7) is 2.42. The summed E-state index contributed by atoms with van der Waals surface area (Å²) in [6, 6.07) is 5.03. The smallest absolute Gasteiger partial charge is 0.260 e. The first-order chi connectivity index (χ1) is 9.54. The third-order valence-corrected chi connectivity index (χ3v) is 2.89. The quantitative estimate of drug-likeness (QED) is 0.757. The van der Waals surface area contributed by atoms with Crippen molar-refractivity contribution in [1.82, 2.24) is 10.2 Å². The number of anilines is 1. The van der Waals surface area contributed by atoms with E-state index >= 15 is 0 Å². The van der Waals surface area contributed by atoms with Crippen LogP contribution in [0.25, 0.3) is 0 Å². The number of nitrogens with two attached hydrogens (primary N) is 1. The van der Waals surface area contributed by atoms with E-state index in [0.29, 0.717) is 23.5 Å². The average molecular weight is 279 g/mol. The number of nitrogens with zero attached hydrogens (tertiary/aromatic N) is 1. The van der Waals surface area contributed by atoms with Crippen LogP contribution in [0.5, 0.6) is 5.75 Å². The van der Waals surface area contributed by atoms with Gasteiger partial charge in [0.1, 0.15) is 11.3 Å². The van der Waals surface area contributed by atoms with Gasteiger partial charge in [0.2, 0.25) is 5.91 Å². The molecule has 1 aromatic rings. The maximum absolute atomic E-state index is 12.6. The fourth-order valence-electron chi connectivity index (χ4n) is 1.88. The van der Waals surface area contributed by atoms with E-state index in [0.717, 1.165) is 6.42 Å². The van der Waals surface area contributed by atoms with Gasteiger partial charge in [-0.05, 0) is 18.6 Å². The number of hydrogen-bond donors (Lipinski definition) is 2. The number of carbonyl (C=O) groups is 2. The number of rotatable bonds is 6. The molecule has 0 radical (unpaired) electrons. The van der Waals surface area contributed by atoms with Gasteiger partial charge in [0.15, 0.2) is 0 Å². The Morgan fingerprint density at radius 2 is 2.10 bits per heavy atom. The first kappa shape index (κ1) is 15.8. The lowest BCUT2D eigenvalue weighted by Gasteiger charge is -2.23. The zero-order valence-corrected chi connectivity index (χ0v) is 12.1. The minimum absolute atomic E-state index is 0.000657. The molecular weight excluding hydrogens is 258 g/mol. The first-order valence-corrected chi connectivity index (χ1v) is 6.47. The largest absolute Gasteiger partial charge is 0.496 e. The van der Waals surface area contributed by atoms with Crippen molar-refractivity contribution in [1.29, 1.82) is 0 Å². The van der Waals surface area contributed by atoms with E-state index in [1.165, 1.54) is 19.1 Å². The van der Waals surface area contributed by atoms with E-state index in [9.17, 15) is 9.59 Å². The summed E-state index contributed by atoms with van der Waals surface area (Å²) in [5, 5.41) is 2.51. The van der Waals surface area contributed by atoms with E-state index in [2.05, 4.69) is 5.32 Å². The number of benzene rings is 1. The molecule has 6 heteroatoms. The Hall–Kier alpha value is -2.24. The average Bonchev–Trinajstić information content (AvgIpc) is 2.45. The highest BCUT2D eigenvalue weighted by atomic mass is 16.5. The molecule has 110 valence electrons. The lowest BCUT2D eigenvalue weighted by molar-refractivity contribution is -0.121. The Kier molecular flexibility index (Phi) is 5.83. The molecular formula is C14H21N3O3. The van der Waals surface area contributed by atoms with Gasteiger partial charge in [-0.2, -0.15) is 0 Å². The minimum Gasteiger partial charge on any atom is -0.496 e. The number of amides is 2. The summed E-state index contributed by atoms with van der Waals surface area (Å²) in [4.78, 5) is 25.5. The number of ether oxygens (including phenoxy) is 1. The summed E-state index contributed by atoms with van der Waals surface area (Å²) < 4.78 is 5.18. The monoisotopic (exact) mass is 279 g/mol. The van der Waals surface area contributed by atoms with Crippen LogP contribution in [-0.2, 0) is 4.79 Å². The number of likely N-dealkylation sites (N-methyl/N-ethyl adjacent to an activating group) is 1. The molecule has 0 atom stereocenters. The molecule has 0 heterocycles. The molecule has 0 aliphatic rings. The zero-order valence-electron chi connectivity index (χ0n) is 12.1. The van der Waals surface area contributed by atoms with Crippen LogP contribution in [0.1, 0.15) is 23.7 Å². The molecule has 0 fully saturated rings. The molecule has 3 N–H and O–H groups in total. The molecule has 1 aromatic carbocycles. The van der Waals surface area contributed by atoms with Crippen LogP contribution in [0.3, 0.4) is 0 Å². The second-order valence-electron chi connectivity index (χ2n) is 4.32. The van der Waals surface area contributed by atoms with E-state index in [4.69, 9.17) is 10.5 Å². The van der Waals surface area contributed by atoms with Crippen molar-refractivity contribution in [2.45, 2.75) is 13.3 Å². The van der Waals surface area contributed by atoms with Crippen molar-refractivity contribution < 1.29 is 14.3 Å². The Bertz CT molecular complexity index is 489. The molecule has 6 nitrogen and oxygen atoms in total. The maximum Gasteiger partial charge on any atom is 0.260 e. The summed E-state index contributed by atoms with van der Waals surface area (Å²) in [5.41, 5.74) is 6.51. The van der Waals surface area contributed by atoms with Gasteiger partial charge in [-0.25, -0.2) is 0 Å². The molecule has 0 unspecified atom stereocenters. The molecule has 0 saturated heterocycles. The number of hydrogen-bond acceptors (Lipinski definition) is 4. The fourth-order valence-corrected chi connectivity index (χ4v) is 1.88. The normalized spacial score (nSPS) is 9.95. The summed E-state index contributed by atoms with van der Waals surface area (Å²) in [7, 11) is 3.02. The van der Waals surface area contributed by atoms with Gasteiger partial charge in [-0.15, -0.1) is 0 Å². The van der Waals surface area contributed by atoms with Crippen LogP contribution in [0.4, 0.5) is 5.69 Å². The van der Waals surface area contributed by atoms with Crippen molar-refractivity contribution in [2.24, 2.45) is 0 Å². The SMILES string of the molecule is CCCN(CC(=O)NC)C(=O)c1c(N)cccc1OC. The fraction of sp³-hybridized carbons (Fsp3) is 0.429. The summed E-state index contributed by atoms with van der Waals surface area (Å²) in [5.74, 6) is -0.112. The maximum atomic E-state index is 12.6. The highest BCUT2D eigenvalue weighted by Crippen LogP contribution is 2.25. The van der Waals surface area contributed by atoms with Crippen molar-refractivity contribution >= 4 is 17.5 Å². The van der Waals surface area contributed by atoms with Crippen LogP contribution < -0.4 is 15.8 Å². The van der Waals surface area contributed by atoms with Crippen molar-refractivity contribution in [3.05, 3.63) is 23.8 Å². The van der Waals surface area contributed by atoms with E-state index in [1.807, 2.05) is 6.92 Å². The molecule has 0 aliphatic heterocycles. The Balaban J connectivity index is 3.09. The molecule has 0 bridgehead atoms. The van der Waals surface area contributed by atoms with Gasteiger partial charge < -0.3 is 20.7 Å². The van der Waals surface area contributed by atoms with E-state index in [-0.39, 0.29) is 18.4 Å². The van der Waals surface area contributed by atoms with E-state index in [1.54, 1.807) is 18.2 Å². The highest BCUT2D eigenvalue weighted by molar-refractivity contribution is 6.03. The van der Waals surface area contributed by atoms with Gasteiger partial charge in [0.25, 0.3) is 5.91 Å². The van der Waals surface area contributed by atoms with Crippen LogP contribution in [0, 0.1) is 0 Å². The Morgan fingerprint density at radius 1 is 1.40 bits per heavy atom. The molecule has 0 aliphatic carbocycles. The number of methoxy groups -OCH3 is 1. The van der Waals surface area contributed by atoms with Crippen LogP contribution >= 0.6 is 0 Å². The molecule has 0 saturated carbocycles. The van der Waals surface area contributed by atoms with Crippen molar-refractivity contribution in [3.63, 3.8) is 0 Å². The van der Waals surface area contributed by atoms with Gasteiger partial charge in [-0.3, -0.25) is 9.59 Å². The van der Waals surface area contributed by atoms with Crippen molar-refractivity contribution in [3.8, 4) is 5.75 Å². The summed E-state index contributed by atoms with van der Waals surface area (Å²) >= 11 is 0. The third kappa shape index (κ3) is 3.63. The molecule has 20 heavy (non-hydrogen) atoms. The first-order valence-electron chi connectivity index (χ1n) is 6.47. The zero-order chi connectivity index (χ0) is 15.1. The van der Waals surface area contributed by atoms with Crippen LogP contribution in [-0.4, -0.2) is 44.0 Å².